The number of carbonyl (C=O) groups is 1. The lowest BCUT2D eigenvalue weighted by atomic mass is 10.2. The third-order valence-electron chi connectivity index (χ3n) is 3.87. The Morgan fingerprint density at radius 1 is 1.11 bits per heavy atom. The van der Waals surface area contributed by atoms with Crippen molar-refractivity contribution >= 4 is 39.6 Å². The van der Waals surface area contributed by atoms with Crippen molar-refractivity contribution in [1.29, 1.82) is 0 Å². The smallest absolute Gasteiger partial charge is 0.339 e. The number of amides is 2. The van der Waals surface area contributed by atoms with E-state index in [2.05, 4.69) is 48.8 Å². The summed E-state index contributed by atoms with van der Waals surface area (Å²) in [5, 5.41) is 6.76. The summed E-state index contributed by atoms with van der Waals surface area (Å²) in [6, 6.07) is 19.0. The molecule has 7 heteroatoms. The Morgan fingerprint density at radius 3 is 2.59 bits per heavy atom. The van der Waals surface area contributed by atoms with Crippen molar-refractivity contribution in [2.75, 3.05) is 24.3 Å². The molecule has 0 fully saturated rings. The summed E-state index contributed by atoms with van der Waals surface area (Å²) in [5.74, 6) is 0. The molecule has 0 spiro atoms. The van der Waals surface area contributed by atoms with Crippen LogP contribution < -0.4 is 15.6 Å². The highest BCUT2D eigenvalue weighted by atomic mass is 79.9. The molecule has 2 amide bonds. The van der Waals surface area contributed by atoms with Crippen LogP contribution in [0.25, 0.3) is 5.69 Å². The minimum Gasteiger partial charge on any atom is -0.378 e. The molecule has 2 N–H and O–H groups in total. The highest BCUT2D eigenvalue weighted by molar-refractivity contribution is 9.10. The molecule has 0 bridgehead atoms. The van der Waals surface area contributed by atoms with Gasteiger partial charge in [-0.2, -0.15) is 5.10 Å². The highest BCUT2D eigenvalue weighted by Crippen LogP contribution is 2.17. The van der Waals surface area contributed by atoms with Crippen molar-refractivity contribution < 1.29 is 4.79 Å². The second-order valence-corrected chi connectivity index (χ2v) is 6.96. The Labute approximate surface area is 166 Å². The quantitative estimate of drug-likeness (QED) is 0.468. The van der Waals surface area contributed by atoms with Crippen LogP contribution in [0.3, 0.4) is 0 Å². The zero-order valence-electron chi connectivity index (χ0n) is 15.1. The summed E-state index contributed by atoms with van der Waals surface area (Å²) in [5.41, 5.74) is 6.17. The number of rotatable bonds is 5. The first-order chi connectivity index (χ1) is 13.0. The van der Waals surface area contributed by atoms with E-state index in [1.165, 1.54) is 0 Å². The van der Waals surface area contributed by atoms with Crippen LogP contribution in [0.4, 0.5) is 16.2 Å². The average Bonchev–Trinajstić information content (AvgIpc) is 3.10. The number of nitrogens with zero attached hydrogens (tertiary/aromatic N) is 3. The molecule has 0 aliphatic heterocycles. The van der Waals surface area contributed by atoms with E-state index in [1.54, 1.807) is 12.3 Å². The molecule has 0 aliphatic rings. The number of hydrogen-bond donors (Lipinski definition) is 2. The van der Waals surface area contributed by atoms with Crippen LogP contribution in [0.15, 0.2) is 76.4 Å². The Kier molecular flexibility index (Phi) is 5.93. The summed E-state index contributed by atoms with van der Waals surface area (Å²) in [4.78, 5) is 14.0. The molecule has 6 nitrogen and oxygen atoms in total. The molecule has 3 aromatic rings. The first kappa shape index (κ1) is 18.7. The lowest BCUT2D eigenvalue weighted by Crippen LogP contribution is -2.24. The Bertz CT molecular complexity index is 947. The third-order valence-corrected chi connectivity index (χ3v) is 4.36. The molecule has 3 rings (SSSR count). The number of benzene rings is 2. The summed E-state index contributed by atoms with van der Waals surface area (Å²) >= 11 is 3.37. The van der Waals surface area contributed by atoms with Gasteiger partial charge in [0.05, 0.1) is 11.9 Å². The molecule has 0 saturated heterocycles. The predicted molar refractivity (Wildman–Crippen MR) is 114 cm³/mol. The second kappa shape index (κ2) is 8.55. The first-order valence-electron chi connectivity index (χ1n) is 8.34. The lowest BCUT2D eigenvalue weighted by molar-refractivity contribution is 0.252. The normalized spacial score (nSPS) is 10.8. The van der Waals surface area contributed by atoms with Gasteiger partial charge in [0.2, 0.25) is 0 Å². The van der Waals surface area contributed by atoms with Gasteiger partial charge in [-0.25, -0.2) is 10.2 Å². The number of hydrogen-bond acceptors (Lipinski definition) is 3. The number of nitrogens with one attached hydrogen (secondary N) is 2. The minimum atomic E-state index is -0.405. The van der Waals surface area contributed by atoms with Gasteiger partial charge in [0, 0.05) is 41.8 Å². The van der Waals surface area contributed by atoms with E-state index < -0.39 is 6.03 Å². The van der Waals surface area contributed by atoms with Crippen LogP contribution in [0.5, 0.6) is 0 Å². The second-order valence-electron chi connectivity index (χ2n) is 6.05. The van der Waals surface area contributed by atoms with Crippen LogP contribution in [-0.4, -0.2) is 30.9 Å². The van der Waals surface area contributed by atoms with Crippen LogP contribution >= 0.6 is 15.9 Å². The molecule has 2 aromatic carbocycles. The average molecular weight is 426 g/mol. The molecule has 0 aliphatic carbocycles. The van der Waals surface area contributed by atoms with Gasteiger partial charge in [0.1, 0.15) is 0 Å². The van der Waals surface area contributed by atoms with E-state index >= 15 is 0 Å². The van der Waals surface area contributed by atoms with Crippen LogP contribution in [0.1, 0.15) is 5.69 Å². The Balaban J connectivity index is 1.64. The van der Waals surface area contributed by atoms with Crippen LogP contribution in [-0.2, 0) is 0 Å². The fourth-order valence-electron chi connectivity index (χ4n) is 2.53. The van der Waals surface area contributed by atoms with Crippen molar-refractivity contribution in [3.05, 3.63) is 77.0 Å². The number of anilines is 2. The number of urea groups is 1. The van der Waals surface area contributed by atoms with E-state index in [0.29, 0.717) is 5.69 Å². The molecule has 1 heterocycles. The summed E-state index contributed by atoms with van der Waals surface area (Å²) in [7, 11) is 4.02. The van der Waals surface area contributed by atoms with Gasteiger partial charge in [-0.05, 0) is 54.6 Å². The van der Waals surface area contributed by atoms with Gasteiger partial charge in [-0.3, -0.25) is 0 Å². The molecule has 0 radical (unpaired) electrons. The molecule has 138 valence electrons. The van der Waals surface area contributed by atoms with E-state index in [0.717, 1.165) is 21.5 Å². The van der Waals surface area contributed by atoms with Gasteiger partial charge in [-0.1, -0.05) is 22.0 Å². The van der Waals surface area contributed by atoms with Crippen molar-refractivity contribution in [2.45, 2.75) is 0 Å². The maximum atomic E-state index is 11.9. The van der Waals surface area contributed by atoms with Gasteiger partial charge in [0.25, 0.3) is 0 Å². The van der Waals surface area contributed by atoms with Gasteiger partial charge in [-0.15, -0.1) is 0 Å². The standard InChI is InChI=1S/C20H20BrN5O/c1-25(2)17-8-10-18(11-9-17)26-12-4-7-19(26)14-22-24-20(27)23-16-6-3-5-15(21)13-16/h3-14H,1-2H3,(H2,23,24,27)/b22-14+. The summed E-state index contributed by atoms with van der Waals surface area (Å²) in [6.45, 7) is 0. The number of halogens is 1. The number of carbonyl (C=O) groups excluding carboxylic acids is 1. The number of hydrazone groups is 1. The Morgan fingerprint density at radius 2 is 1.89 bits per heavy atom. The monoisotopic (exact) mass is 425 g/mol. The van der Waals surface area contributed by atoms with Gasteiger partial charge >= 0.3 is 6.03 Å². The lowest BCUT2D eigenvalue weighted by Gasteiger charge is -2.13. The predicted octanol–water partition coefficient (Wildman–Crippen LogP) is 4.46. The zero-order valence-corrected chi connectivity index (χ0v) is 16.6. The van der Waals surface area contributed by atoms with Crippen molar-refractivity contribution in [1.82, 2.24) is 9.99 Å². The van der Waals surface area contributed by atoms with Crippen molar-refractivity contribution in [3.8, 4) is 5.69 Å². The highest BCUT2D eigenvalue weighted by Gasteiger charge is 2.03. The van der Waals surface area contributed by atoms with Gasteiger partial charge < -0.3 is 14.8 Å². The molecular formula is C20H20BrN5O. The molecular weight excluding hydrogens is 406 g/mol. The third kappa shape index (κ3) is 4.98. The molecule has 1 aromatic heterocycles. The molecule has 0 atom stereocenters. The first-order valence-corrected chi connectivity index (χ1v) is 9.13. The maximum Gasteiger partial charge on any atom is 0.339 e. The van der Waals surface area contributed by atoms with E-state index in [9.17, 15) is 4.79 Å². The summed E-state index contributed by atoms with van der Waals surface area (Å²) < 4.78 is 2.89. The molecule has 27 heavy (non-hydrogen) atoms. The van der Waals surface area contributed by atoms with E-state index in [1.807, 2.05) is 67.3 Å². The minimum absolute atomic E-state index is 0.405. The Hall–Kier alpha value is -3.06. The number of aromatic nitrogens is 1. The van der Waals surface area contributed by atoms with E-state index in [4.69, 9.17) is 0 Å². The zero-order chi connectivity index (χ0) is 19.2. The largest absolute Gasteiger partial charge is 0.378 e. The van der Waals surface area contributed by atoms with Crippen LogP contribution in [0, 0.1) is 0 Å². The summed E-state index contributed by atoms with van der Waals surface area (Å²) in [6.07, 6.45) is 3.56. The SMILES string of the molecule is CN(C)c1ccc(-n2cccc2/C=N/NC(=O)Nc2cccc(Br)c2)cc1. The topological polar surface area (TPSA) is 61.7 Å². The van der Waals surface area contributed by atoms with Crippen molar-refractivity contribution in [3.63, 3.8) is 0 Å². The van der Waals surface area contributed by atoms with Gasteiger partial charge in [0.15, 0.2) is 0 Å². The molecule has 0 unspecified atom stereocenters. The fourth-order valence-corrected chi connectivity index (χ4v) is 2.93. The van der Waals surface area contributed by atoms with Crippen molar-refractivity contribution in [2.24, 2.45) is 5.10 Å². The molecule has 0 saturated carbocycles. The van der Waals surface area contributed by atoms with Crippen LogP contribution in [0.2, 0.25) is 0 Å². The maximum absolute atomic E-state index is 11.9. The van der Waals surface area contributed by atoms with E-state index in [-0.39, 0.29) is 0 Å². The fraction of sp³-hybridized carbons (Fsp3) is 0.100.